The quantitative estimate of drug-likeness (QED) is 0.508. The first-order valence-electron chi connectivity index (χ1n) is 7.26. The minimum atomic E-state index is -1.06. The van der Waals surface area contributed by atoms with Crippen LogP contribution in [0.2, 0.25) is 0 Å². The van der Waals surface area contributed by atoms with Crippen LogP contribution < -0.4 is 16.0 Å². The molecule has 21 heavy (non-hydrogen) atoms. The zero-order chi connectivity index (χ0) is 16.4. The Kier molecular flexibility index (Phi) is 9.16. The van der Waals surface area contributed by atoms with Gasteiger partial charge in [0, 0.05) is 19.5 Å². The van der Waals surface area contributed by atoms with Crippen LogP contribution in [0.25, 0.3) is 0 Å². The van der Waals surface area contributed by atoms with E-state index >= 15 is 0 Å². The van der Waals surface area contributed by atoms with Crippen molar-refractivity contribution in [3.05, 3.63) is 0 Å². The molecule has 0 saturated carbocycles. The molecule has 7 nitrogen and oxygen atoms in total. The summed E-state index contributed by atoms with van der Waals surface area (Å²) in [6.45, 7) is 8.52. The molecule has 0 radical (unpaired) electrons. The SMILES string of the molecule is CC(C)CNC(=O)CCNC(=O)NC(CC(C)C)C(=O)O. The molecule has 0 heterocycles. The maximum Gasteiger partial charge on any atom is 0.326 e. The molecule has 0 aromatic carbocycles. The van der Waals surface area contributed by atoms with Crippen molar-refractivity contribution >= 4 is 17.9 Å². The van der Waals surface area contributed by atoms with E-state index in [0.29, 0.717) is 18.9 Å². The fourth-order valence-electron chi connectivity index (χ4n) is 1.60. The van der Waals surface area contributed by atoms with E-state index in [1.807, 2.05) is 27.7 Å². The van der Waals surface area contributed by atoms with E-state index in [-0.39, 0.29) is 24.8 Å². The zero-order valence-electron chi connectivity index (χ0n) is 13.2. The van der Waals surface area contributed by atoms with Gasteiger partial charge < -0.3 is 21.1 Å². The molecule has 0 rings (SSSR count). The Hall–Kier alpha value is -1.79. The maximum absolute atomic E-state index is 11.6. The van der Waals surface area contributed by atoms with Gasteiger partial charge in [-0.2, -0.15) is 0 Å². The Balaban J connectivity index is 3.97. The maximum atomic E-state index is 11.6. The second kappa shape index (κ2) is 10.0. The highest BCUT2D eigenvalue weighted by molar-refractivity contribution is 5.83. The third-order valence-electron chi connectivity index (χ3n) is 2.66. The Morgan fingerprint density at radius 3 is 2.10 bits per heavy atom. The summed E-state index contributed by atoms with van der Waals surface area (Å²) in [5.41, 5.74) is 0. The van der Waals surface area contributed by atoms with E-state index in [1.54, 1.807) is 0 Å². The summed E-state index contributed by atoms with van der Waals surface area (Å²) in [6, 6.07) is -1.49. The monoisotopic (exact) mass is 301 g/mol. The molecule has 1 unspecified atom stereocenters. The van der Waals surface area contributed by atoms with Crippen molar-refractivity contribution < 1.29 is 19.5 Å². The summed E-state index contributed by atoms with van der Waals surface area (Å²) in [5, 5.41) is 16.6. The Labute approximate surface area is 125 Å². The van der Waals surface area contributed by atoms with Gasteiger partial charge in [0.25, 0.3) is 0 Å². The number of amides is 3. The molecule has 0 aliphatic heterocycles. The predicted octanol–water partition coefficient (Wildman–Crippen LogP) is 0.947. The van der Waals surface area contributed by atoms with Crippen LogP contribution in [0, 0.1) is 11.8 Å². The first kappa shape index (κ1) is 19.2. The Morgan fingerprint density at radius 1 is 1.00 bits per heavy atom. The highest BCUT2D eigenvalue weighted by Gasteiger charge is 2.20. The molecule has 0 aromatic rings. The zero-order valence-corrected chi connectivity index (χ0v) is 13.2. The highest BCUT2D eigenvalue weighted by atomic mass is 16.4. The van der Waals surface area contributed by atoms with Gasteiger partial charge in [0.1, 0.15) is 6.04 Å². The van der Waals surface area contributed by atoms with Crippen LogP contribution in [0.1, 0.15) is 40.5 Å². The van der Waals surface area contributed by atoms with E-state index in [1.165, 1.54) is 0 Å². The lowest BCUT2D eigenvalue weighted by atomic mass is 10.0. The summed E-state index contributed by atoms with van der Waals surface area (Å²) in [4.78, 5) is 34.0. The van der Waals surface area contributed by atoms with Crippen LogP contribution in [-0.2, 0) is 9.59 Å². The van der Waals surface area contributed by atoms with Gasteiger partial charge in [-0.1, -0.05) is 27.7 Å². The van der Waals surface area contributed by atoms with Gasteiger partial charge in [0.2, 0.25) is 5.91 Å². The number of carbonyl (C=O) groups is 3. The van der Waals surface area contributed by atoms with Crippen molar-refractivity contribution in [3.63, 3.8) is 0 Å². The minimum Gasteiger partial charge on any atom is -0.480 e. The second-order valence-electron chi connectivity index (χ2n) is 5.87. The van der Waals surface area contributed by atoms with Crippen molar-refractivity contribution in [2.24, 2.45) is 11.8 Å². The summed E-state index contributed by atoms with van der Waals surface area (Å²) in [7, 11) is 0. The number of aliphatic carboxylic acids is 1. The van der Waals surface area contributed by atoms with Crippen molar-refractivity contribution in [2.75, 3.05) is 13.1 Å². The van der Waals surface area contributed by atoms with E-state index in [0.717, 1.165) is 0 Å². The fourth-order valence-corrected chi connectivity index (χ4v) is 1.60. The average Bonchev–Trinajstić information content (AvgIpc) is 2.34. The van der Waals surface area contributed by atoms with Gasteiger partial charge in [0.15, 0.2) is 0 Å². The van der Waals surface area contributed by atoms with Gasteiger partial charge >= 0.3 is 12.0 Å². The number of carbonyl (C=O) groups excluding carboxylic acids is 2. The Morgan fingerprint density at radius 2 is 1.62 bits per heavy atom. The van der Waals surface area contributed by atoms with Crippen molar-refractivity contribution in [1.29, 1.82) is 0 Å². The number of nitrogens with one attached hydrogen (secondary N) is 3. The van der Waals surface area contributed by atoms with Crippen LogP contribution in [0.5, 0.6) is 0 Å². The molecule has 1 atom stereocenters. The lowest BCUT2D eigenvalue weighted by Crippen LogP contribution is -2.47. The summed E-state index contributed by atoms with van der Waals surface area (Å²) < 4.78 is 0. The molecule has 0 bridgehead atoms. The second-order valence-corrected chi connectivity index (χ2v) is 5.87. The topological polar surface area (TPSA) is 108 Å². The molecule has 122 valence electrons. The third-order valence-corrected chi connectivity index (χ3v) is 2.66. The first-order valence-corrected chi connectivity index (χ1v) is 7.26. The predicted molar refractivity (Wildman–Crippen MR) is 79.9 cm³/mol. The van der Waals surface area contributed by atoms with Gasteiger partial charge in [-0.3, -0.25) is 4.79 Å². The smallest absolute Gasteiger partial charge is 0.326 e. The summed E-state index contributed by atoms with van der Waals surface area (Å²) >= 11 is 0. The number of urea groups is 1. The van der Waals surface area contributed by atoms with E-state index in [9.17, 15) is 14.4 Å². The summed E-state index contributed by atoms with van der Waals surface area (Å²) in [5.74, 6) is -0.666. The number of carboxylic acids is 1. The van der Waals surface area contributed by atoms with Gasteiger partial charge in [-0.15, -0.1) is 0 Å². The van der Waals surface area contributed by atoms with E-state index in [4.69, 9.17) is 5.11 Å². The van der Waals surface area contributed by atoms with Crippen molar-refractivity contribution in [1.82, 2.24) is 16.0 Å². The molecule has 0 aromatic heterocycles. The molecular weight excluding hydrogens is 274 g/mol. The number of carboxylic acid groups (broad SMARTS) is 1. The van der Waals surface area contributed by atoms with Crippen LogP contribution in [0.15, 0.2) is 0 Å². The van der Waals surface area contributed by atoms with Crippen LogP contribution in [-0.4, -0.2) is 42.1 Å². The van der Waals surface area contributed by atoms with Gasteiger partial charge in [-0.05, 0) is 18.3 Å². The van der Waals surface area contributed by atoms with Gasteiger partial charge in [0.05, 0.1) is 0 Å². The third kappa shape index (κ3) is 10.6. The normalized spacial score (nSPS) is 12.1. The molecule has 4 N–H and O–H groups in total. The lowest BCUT2D eigenvalue weighted by Gasteiger charge is -2.16. The van der Waals surface area contributed by atoms with E-state index < -0.39 is 18.0 Å². The molecule has 7 heteroatoms. The molecule has 3 amide bonds. The molecule has 0 spiro atoms. The molecule has 0 fully saturated rings. The summed E-state index contributed by atoms with van der Waals surface area (Å²) in [6.07, 6.45) is 0.527. The molecule has 0 saturated heterocycles. The van der Waals surface area contributed by atoms with Crippen molar-refractivity contribution in [2.45, 2.75) is 46.6 Å². The average molecular weight is 301 g/mol. The van der Waals surface area contributed by atoms with Crippen molar-refractivity contribution in [3.8, 4) is 0 Å². The van der Waals surface area contributed by atoms with Crippen LogP contribution in [0.3, 0.4) is 0 Å². The lowest BCUT2D eigenvalue weighted by molar-refractivity contribution is -0.139. The van der Waals surface area contributed by atoms with Crippen LogP contribution >= 0.6 is 0 Å². The Bertz CT molecular complexity index is 356. The fraction of sp³-hybridized carbons (Fsp3) is 0.786. The van der Waals surface area contributed by atoms with E-state index in [2.05, 4.69) is 16.0 Å². The number of hydrogen-bond acceptors (Lipinski definition) is 3. The van der Waals surface area contributed by atoms with Gasteiger partial charge in [-0.25, -0.2) is 9.59 Å². The van der Waals surface area contributed by atoms with Crippen LogP contribution in [0.4, 0.5) is 4.79 Å². The minimum absolute atomic E-state index is 0.138. The standard InChI is InChI=1S/C14H27N3O4/c1-9(2)7-11(13(19)20)17-14(21)15-6-5-12(18)16-8-10(3)4/h9-11H,5-8H2,1-4H3,(H,16,18)(H,19,20)(H2,15,17,21). The largest absolute Gasteiger partial charge is 0.480 e. The molecule has 0 aliphatic rings. The number of rotatable bonds is 9. The first-order chi connectivity index (χ1) is 9.72. The molecule has 0 aliphatic carbocycles. The molecular formula is C14H27N3O4. The number of hydrogen-bond donors (Lipinski definition) is 4. The highest BCUT2D eigenvalue weighted by Crippen LogP contribution is 2.04.